The van der Waals surface area contributed by atoms with Crippen molar-refractivity contribution >= 4 is 49.5 Å². The molecule has 0 fully saturated rings. The van der Waals surface area contributed by atoms with E-state index in [2.05, 4.69) is 20.3 Å². The largest absolute Gasteiger partial charge is 0.497 e. The quantitative estimate of drug-likeness (QED) is 0.482. The molecule has 3 rings (SSSR count). The number of hydrogen-bond donors (Lipinski definition) is 3. The number of amides is 1. The second kappa shape index (κ2) is 9.01. The van der Waals surface area contributed by atoms with Gasteiger partial charge in [0.15, 0.2) is 5.13 Å². The minimum Gasteiger partial charge on any atom is -0.497 e. The van der Waals surface area contributed by atoms with E-state index in [1.54, 1.807) is 56.0 Å². The highest BCUT2D eigenvalue weighted by molar-refractivity contribution is 7.92. The molecule has 1 amide bonds. The summed E-state index contributed by atoms with van der Waals surface area (Å²) >= 11 is 1.26. The maximum absolute atomic E-state index is 12.5. The molecule has 1 aromatic heterocycles. The molecule has 0 bridgehead atoms. The Labute approximate surface area is 178 Å². The van der Waals surface area contributed by atoms with Crippen molar-refractivity contribution in [2.75, 3.05) is 35.8 Å². The first-order valence-corrected chi connectivity index (χ1v) is 11.4. The zero-order valence-electron chi connectivity index (χ0n) is 16.4. The summed E-state index contributed by atoms with van der Waals surface area (Å²) in [5.74, 6) is 0.812. The Morgan fingerprint density at radius 1 is 1.07 bits per heavy atom. The van der Waals surface area contributed by atoms with Crippen LogP contribution in [0.15, 0.2) is 47.8 Å². The zero-order chi connectivity index (χ0) is 21.7. The summed E-state index contributed by atoms with van der Waals surface area (Å²) in [7, 11) is -0.292. The van der Waals surface area contributed by atoms with E-state index in [1.165, 1.54) is 17.4 Å². The number of nitrogens with one attached hydrogen (secondary N) is 3. The molecule has 1 heterocycles. The third-order valence-corrected chi connectivity index (χ3v) is 5.18. The first kappa shape index (κ1) is 21.4. The topological polar surface area (TPSA) is 119 Å². The molecule has 0 aliphatic heterocycles. The Morgan fingerprint density at radius 2 is 1.83 bits per heavy atom. The average molecular weight is 449 g/mol. The molecule has 0 saturated heterocycles. The number of methoxy groups -OCH3 is 2. The molecule has 3 N–H and O–H groups in total. The summed E-state index contributed by atoms with van der Waals surface area (Å²) in [6, 6.07) is 11.7. The van der Waals surface area contributed by atoms with Gasteiger partial charge in [-0.1, -0.05) is 6.07 Å². The number of rotatable bonds is 8. The molecule has 0 radical (unpaired) electrons. The summed E-state index contributed by atoms with van der Waals surface area (Å²) in [5, 5.41) is 7.95. The number of anilines is 4. The molecule has 0 aliphatic rings. The SMILES string of the molecule is COc1ccc(Nc2nc(C(=O)Nc3cccc(NS(C)(=O)=O)c3)cs2)c(OC)c1. The van der Waals surface area contributed by atoms with Gasteiger partial charge in [0.25, 0.3) is 5.91 Å². The van der Waals surface area contributed by atoms with Crippen LogP contribution in [-0.2, 0) is 10.0 Å². The van der Waals surface area contributed by atoms with Gasteiger partial charge in [0.2, 0.25) is 10.0 Å². The fourth-order valence-corrected chi connectivity index (χ4v) is 3.78. The predicted octanol–water partition coefficient (Wildman–Crippen LogP) is 3.53. The second-order valence-electron chi connectivity index (χ2n) is 6.14. The molecule has 0 unspecified atom stereocenters. The molecule has 0 saturated carbocycles. The first-order chi connectivity index (χ1) is 14.3. The van der Waals surface area contributed by atoms with Crippen LogP contribution in [0.25, 0.3) is 0 Å². The van der Waals surface area contributed by atoms with E-state index in [9.17, 15) is 13.2 Å². The standard InChI is InChI=1S/C19H20N4O5S2/c1-27-14-7-8-15(17(10-14)28-2)21-19-22-16(11-29-19)18(24)20-12-5-4-6-13(9-12)23-30(3,25)26/h4-11,23H,1-3H3,(H,20,24)(H,21,22). The lowest BCUT2D eigenvalue weighted by molar-refractivity contribution is 0.102. The number of carbonyl (C=O) groups excluding carboxylic acids is 1. The molecule has 11 heteroatoms. The number of nitrogens with zero attached hydrogens (tertiary/aromatic N) is 1. The number of benzene rings is 2. The summed E-state index contributed by atoms with van der Waals surface area (Å²) in [4.78, 5) is 16.8. The normalized spacial score (nSPS) is 10.9. The van der Waals surface area contributed by atoms with E-state index < -0.39 is 15.9 Å². The molecule has 0 atom stereocenters. The molecule has 3 aromatic rings. The molecule has 0 spiro atoms. The van der Waals surface area contributed by atoms with Crippen LogP contribution in [0.5, 0.6) is 11.5 Å². The van der Waals surface area contributed by atoms with Gasteiger partial charge in [-0.15, -0.1) is 11.3 Å². The summed E-state index contributed by atoms with van der Waals surface area (Å²) < 4.78 is 35.6. The first-order valence-electron chi connectivity index (χ1n) is 8.61. The van der Waals surface area contributed by atoms with Gasteiger partial charge in [-0.25, -0.2) is 13.4 Å². The summed E-state index contributed by atoms with van der Waals surface area (Å²) in [5.41, 5.74) is 1.69. The van der Waals surface area contributed by atoms with Crippen LogP contribution in [0.3, 0.4) is 0 Å². The number of ether oxygens (including phenoxy) is 2. The molecule has 2 aromatic carbocycles. The van der Waals surface area contributed by atoms with E-state index in [-0.39, 0.29) is 5.69 Å². The highest BCUT2D eigenvalue weighted by Crippen LogP contribution is 2.32. The highest BCUT2D eigenvalue weighted by atomic mass is 32.2. The molecular formula is C19H20N4O5S2. The van der Waals surface area contributed by atoms with Gasteiger partial charge in [0.05, 0.1) is 31.9 Å². The third kappa shape index (κ3) is 5.61. The lowest BCUT2D eigenvalue weighted by atomic mass is 10.2. The molecule has 158 valence electrons. The minimum absolute atomic E-state index is 0.219. The fraction of sp³-hybridized carbons (Fsp3) is 0.158. The van der Waals surface area contributed by atoms with Crippen molar-refractivity contribution < 1.29 is 22.7 Å². The van der Waals surface area contributed by atoms with Crippen LogP contribution in [0, 0.1) is 0 Å². The van der Waals surface area contributed by atoms with Gasteiger partial charge in [-0.05, 0) is 30.3 Å². The number of aromatic nitrogens is 1. The zero-order valence-corrected chi connectivity index (χ0v) is 18.1. The number of sulfonamides is 1. The van der Waals surface area contributed by atoms with Crippen molar-refractivity contribution in [3.05, 3.63) is 53.5 Å². The monoisotopic (exact) mass is 448 g/mol. The summed E-state index contributed by atoms with van der Waals surface area (Å²) in [6.07, 6.45) is 1.06. The van der Waals surface area contributed by atoms with Gasteiger partial charge in [-0.3, -0.25) is 9.52 Å². The maximum atomic E-state index is 12.5. The third-order valence-electron chi connectivity index (χ3n) is 3.81. The van der Waals surface area contributed by atoms with E-state index in [0.717, 1.165) is 6.26 Å². The van der Waals surface area contributed by atoms with Crippen LogP contribution < -0.4 is 24.8 Å². The summed E-state index contributed by atoms with van der Waals surface area (Å²) in [6.45, 7) is 0. The molecule has 0 aliphatic carbocycles. The van der Waals surface area contributed by atoms with E-state index in [0.29, 0.717) is 33.7 Å². The Balaban J connectivity index is 1.71. The number of carbonyl (C=O) groups is 1. The smallest absolute Gasteiger partial charge is 0.275 e. The lowest BCUT2D eigenvalue weighted by Crippen LogP contribution is -2.13. The van der Waals surface area contributed by atoms with Crippen molar-refractivity contribution in [1.29, 1.82) is 0 Å². The van der Waals surface area contributed by atoms with Gasteiger partial charge in [0, 0.05) is 17.1 Å². The fourth-order valence-electron chi connectivity index (χ4n) is 2.52. The van der Waals surface area contributed by atoms with Crippen LogP contribution >= 0.6 is 11.3 Å². The predicted molar refractivity (Wildman–Crippen MR) is 118 cm³/mol. The van der Waals surface area contributed by atoms with Crippen molar-refractivity contribution in [3.8, 4) is 11.5 Å². The Bertz CT molecular complexity index is 1160. The van der Waals surface area contributed by atoms with Crippen molar-refractivity contribution in [2.45, 2.75) is 0 Å². The Morgan fingerprint density at radius 3 is 2.53 bits per heavy atom. The van der Waals surface area contributed by atoms with Crippen LogP contribution in [0.1, 0.15) is 10.5 Å². The van der Waals surface area contributed by atoms with Gasteiger partial charge < -0.3 is 20.1 Å². The average Bonchev–Trinajstić information content (AvgIpc) is 3.16. The van der Waals surface area contributed by atoms with Crippen molar-refractivity contribution in [2.24, 2.45) is 0 Å². The van der Waals surface area contributed by atoms with Gasteiger partial charge in [-0.2, -0.15) is 0 Å². The Kier molecular flexibility index (Phi) is 6.43. The second-order valence-corrected chi connectivity index (χ2v) is 8.74. The van der Waals surface area contributed by atoms with E-state index in [1.807, 2.05) is 0 Å². The molecule has 30 heavy (non-hydrogen) atoms. The Hall–Kier alpha value is -3.31. The molecule has 9 nitrogen and oxygen atoms in total. The van der Waals surface area contributed by atoms with Crippen molar-refractivity contribution in [1.82, 2.24) is 4.98 Å². The van der Waals surface area contributed by atoms with Crippen molar-refractivity contribution in [3.63, 3.8) is 0 Å². The minimum atomic E-state index is -3.41. The maximum Gasteiger partial charge on any atom is 0.275 e. The van der Waals surface area contributed by atoms with Gasteiger partial charge in [0.1, 0.15) is 17.2 Å². The van der Waals surface area contributed by atoms with Crippen LogP contribution in [0.4, 0.5) is 22.2 Å². The lowest BCUT2D eigenvalue weighted by Gasteiger charge is -2.10. The molecular weight excluding hydrogens is 428 g/mol. The highest BCUT2D eigenvalue weighted by Gasteiger charge is 2.13. The number of thiazole rings is 1. The number of hydrogen-bond acceptors (Lipinski definition) is 8. The van der Waals surface area contributed by atoms with Crippen LogP contribution in [-0.4, -0.2) is 39.8 Å². The van der Waals surface area contributed by atoms with E-state index in [4.69, 9.17) is 9.47 Å². The van der Waals surface area contributed by atoms with E-state index >= 15 is 0 Å². The van der Waals surface area contributed by atoms with Crippen LogP contribution in [0.2, 0.25) is 0 Å². The van der Waals surface area contributed by atoms with Gasteiger partial charge >= 0.3 is 0 Å².